The van der Waals surface area contributed by atoms with E-state index in [1.807, 2.05) is 6.07 Å². The summed E-state index contributed by atoms with van der Waals surface area (Å²) >= 11 is 0. The second kappa shape index (κ2) is 6.37. The molecule has 0 saturated heterocycles. The molecule has 0 radical (unpaired) electrons. The van der Waals surface area contributed by atoms with Gasteiger partial charge in [-0.25, -0.2) is 0 Å². The fourth-order valence-electron chi connectivity index (χ4n) is 2.52. The van der Waals surface area contributed by atoms with E-state index >= 15 is 0 Å². The van der Waals surface area contributed by atoms with E-state index in [0.717, 1.165) is 32.1 Å². The SMILES string of the molecule is N#C[C@@H](C(=O)NC1CCCC1)C(=O)C1=COCCC1. The van der Waals surface area contributed by atoms with Crippen LogP contribution in [0.25, 0.3) is 0 Å². The van der Waals surface area contributed by atoms with Crippen molar-refractivity contribution in [2.75, 3.05) is 6.61 Å². The predicted molar refractivity (Wildman–Crippen MR) is 67.8 cm³/mol. The number of hydrogen-bond donors (Lipinski definition) is 1. The molecule has 1 fully saturated rings. The van der Waals surface area contributed by atoms with Crippen molar-refractivity contribution in [3.05, 3.63) is 11.8 Å². The van der Waals surface area contributed by atoms with Crippen LogP contribution in [0.2, 0.25) is 0 Å². The molecule has 102 valence electrons. The fourth-order valence-corrected chi connectivity index (χ4v) is 2.52. The second-order valence-electron chi connectivity index (χ2n) is 5.03. The fraction of sp³-hybridized carbons (Fsp3) is 0.643. The van der Waals surface area contributed by atoms with E-state index in [1.54, 1.807) is 0 Å². The Balaban J connectivity index is 1.98. The molecule has 5 nitrogen and oxygen atoms in total. The zero-order valence-electron chi connectivity index (χ0n) is 10.9. The highest BCUT2D eigenvalue weighted by Gasteiger charge is 2.31. The van der Waals surface area contributed by atoms with Gasteiger partial charge in [0.1, 0.15) is 0 Å². The third kappa shape index (κ3) is 3.34. The van der Waals surface area contributed by atoms with Gasteiger partial charge in [-0.1, -0.05) is 12.8 Å². The van der Waals surface area contributed by atoms with Gasteiger partial charge >= 0.3 is 0 Å². The van der Waals surface area contributed by atoms with E-state index in [-0.39, 0.29) is 6.04 Å². The monoisotopic (exact) mass is 262 g/mol. The van der Waals surface area contributed by atoms with Gasteiger partial charge in [0.15, 0.2) is 11.7 Å². The van der Waals surface area contributed by atoms with Crippen LogP contribution in [0.5, 0.6) is 0 Å². The molecular formula is C14H18N2O3. The van der Waals surface area contributed by atoms with Gasteiger partial charge in [-0.3, -0.25) is 9.59 Å². The lowest BCUT2D eigenvalue weighted by molar-refractivity contribution is -0.130. The van der Waals surface area contributed by atoms with Crippen molar-refractivity contribution in [3.63, 3.8) is 0 Å². The summed E-state index contributed by atoms with van der Waals surface area (Å²) in [5.74, 6) is -2.13. The van der Waals surface area contributed by atoms with E-state index in [9.17, 15) is 9.59 Å². The Morgan fingerprint density at radius 2 is 2.11 bits per heavy atom. The van der Waals surface area contributed by atoms with Crippen LogP contribution >= 0.6 is 0 Å². The summed E-state index contributed by atoms with van der Waals surface area (Å²) in [4.78, 5) is 24.1. The first-order chi connectivity index (χ1) is 9.22. The van der Waals surface area contributed by atoms with Gasteiger partial charge < -0.3 is 10.1 Å². The van der Waals surface area contributed by atoms with Crippen molar-refractivity contribution in [1.82, 2.24) is 5.32 Å². The maximum atomic E-state index is 12.1. The molecule has 0 aromatic heterocycles. The Labute approximate surface area is 112 Å². The number of hydrogen-bond acceptors (Lipinski definition) is 4. The minimum Gasteiger partial charge on any atom is -0.501 e. The molecule has 1 atom stereocenters. The number of nitrogens with zero attached hydrogens (tertiary/aromatic N) is 1. The van der Waals surface area contributed by atoms with Crippen molar-refractivity contribution < 1.29 is 14.3 Å². The van der Waals surface area contributed by atoms with Crippen LogP contribution < -0.4 is 5.32 Å². The Kier molecular flexibility index (Phi) is 4.56. The minimum absolute atomic E-state index is 0.118. The highest BCUT2D eigenvalue weighted by Crippen LogP contribution is 2.20. The van der Waals surface area contributed by atoms with Crippen LogP contribution in [0.15, 0.2) is 11.8 Å². The van der Waals surface area contributed by atoms with E-state index in [4.69, 9.17) is 10.00 Å². The molecule has 1 N–H and O–H groups in total. The van der Waals surface area contributed by atoms with Crippen molar-refractivity contribution in [2.24, 2.45) is 5.92 Å². The van der Waals surface area contributed by atoms with Crippen LogP contribution in [0.4, 0.5) is 0 Å². The molecule has 19 heavy (non-hydrogen) atoms. The first kappa shape index (κ1) is 13.6. The molecule has 2 aliphatic rings. The molecule has 1 aliphatic carbocycles. The standard InChI is InChI=1S/C14H18N2O3/c15-8-12(13(17)10-4-3-7-19-9-10)14(18)16-11-5-1-2-6-11/h9,11-12H,1-7H2,(H,16,18)/t12-/m1/s1. The first-order valence-electron chi connectivity index (χ1n) is 6.77. The summed E-state index contributed by atoms with van der Waals surface area (Å²) in [6, 6.07) is 1.93. The van der Waals surface area contributed by atoms with Crippen LogP contribution in [0.3, 0.4) is 0 Å². The summed E-state index contributed by atoms with van der Waals surface area (Å²) in [6.07, 6.45) is 6.77. The van der Waals surface area contributed by atoms with E-state index in [2.05, 4.69) is 5.32 Å². The Bertz CT molecular complexity index is 430. The number of rotatable bonds is 4. The van der Waals surface area contributed by atoms with E-state index in [1.165, 1.54) is 6.26 Å². The maximum Gasteiger partial charge on any atom is 0.245 e. The lowest BCUT2D eigenvalue weighted by Gasteiger charge is -2.17. The van der Waals surface area contributed by atoms with Crippen molar-refractivity contribution in [2.45, 2.75) is 44.6 Å². The quantitative estimate of drug-likeness (QED) is 0.778. The Morgan fingerprint density at radius 1 is 1.37 bits per heavy atom. The third-order valence-corrected chi connectivity index (χ3v) is 3.61. The smallest absolute Gasteiger partial charge is 0.245 e. The zero-order valence-corrected chi connectivity index (χ0v) is 10.9. The molecule has 1 amide bonds. The van der Waals surface area contributed by atoms with Gasteiger partial charge in [0.25, 0.3) is 0 Å². The van der Waals surface area contributed by atoms with Gasteiger partial charge in [-0.15, -0.1) is 0 Å². The molecule has 0 bridgehead atoms. The summed E-state index contributed by atoms with van der Waals surface area (Å²) in [7, 11) is 0. The van der Waals surface area contributed by atoms with Crippen LogP contribution in [-0.4, -0.2) is 24.3 Å². The number of allylic oxidation sites excluding steroid dienone is 1. The number of Topliss-reactive ketones (excluding diaryl/α,β-unsaturated/α-hetero) is 1. The van der Waals surface area contributed by atoms with Crippen molar-refractivity contribution in [1.29, 1.82) is 5.26 Å². The number of carbonyl (C=O) groups excluding carboxylic acids is 2. The lowest BCUT2D eigenvalue weighted by Crippen LogP contribution is -2.40. The summed E-state index contributed by atoms with van der Waals surface area (Å²) in [5.41, 5.74) is 0.444. The molecule has 1 saturated carbocycles. The number of ether oxygens (including phenoxy) is 1. The van der Waals surface area contributed by atoms with Crippen molar-refractivity contribution >= 4 is 11.7 Å². The molecule has 0 aromatic rings. The highest BCUT2D eigenvalue weighted by molar-refractivity contribution is 6.11. The first-order valence-corrected chi connectivity index (χ1v) is 6.77. The van der Waals surface area contributed by atoms with Crippen LogP contribution in [-0.2, 0) is 14.3 Å². The molecular weight excluding hydrogens is 244 g/mol. The summed E-state index contributed by atoms with van der Waals surface area (Å²) in [6.45, 7) is 0.586. The van der Waals surface area contributed by atoms with Crippen LogP contribution in [0, 0.1) is 17.2 Å². The average molecular weight is 262 g/mol. The highest BCUT2D eigenvalue weighted by atomic mass is 16.5. The maximum absolute atomic E-state index is 12.1. The van der Waals surface area contributed by atoms with Gasteiger partial charge in [0.2, 0.25) is 5.91 Å². The molecule has 1 aliphatic heterocycles. The normalized spacial score (nSPS) is 20.9. The lowest BCUT2D eigenvalue weighted by atomic mass is 9.95. The van der Waals surface area contributed by atoms with Gasteiger partial charge in [0.05, 0.1) is 18.9 Å². The largest absolute Gasteiger partial charge is 0.501 e. The molecule has 0 unspecified atom stereocenters. The molecule has 2 rings (SSSR count). The topological polar surface area (TPSA) is 79.2 Å². The average Bonchev–Trinajstić information content (AvgIpc) is 2.93. The second-order valence-corrected chi connectivity index (χ2v) is 5.03. The van der Waals surface area contributed by atoms with Crippen LogP contribution in [0.1, 0.15) is 38.5 Å². The Hall–Kier alpha value is -1.83. The Morgan fingerprint density at radius 3 is 2.68 bits per heavy atom. The van der Waals surface area contributed by atoms with Gasteiger partial charge in [0, 0.05) is 11.6 Å². The van der Waals surface area contributed by atoms with E-state index < -0.39 is 17.6 Å². The van der Waals surface area contributed by atoms with E-state index in [0.29, 0.717) is 18.6 Å². The molecule has 0 spiro atoms. The molecule has 0 aromatic carbocycles. The number of nitrogens with one attached hydrogen (secondary N) is 1. The van der Waals surface area contributed by atoms with Gasteiger partial charge in [-0.2, -0.15) is 5.26 Å². The number of carbonyl (C=O) groups is 2. The molecule has 1 heterocycles. The van der Waals surface area contributed by atoms with Crippen molar-refractivity contribution in [3.8, 4) is 6.07 Å². The minimum atomic E-state index is -1.24. The molecule has 5 heteroatoms. The summed E-state index contributed by atoms with van der Waals surface area (Å²) < 4.78 is 5.09. The number of amides is 1. The zero-order chi connectivity index (χ0) is 13.7. The third-order valence-electron chi connectivity index (χ3n) is 3.61. The number of ketones is 1. The number of nitriles is 1. The van der Waals surface area contributed by atoms with Gasteiger partial charge in [-0.05, 0) is 25.7 Å². The predicted octanol–water partition coefficient (Wildman–Crippen LogP) is 1.45. The summed E-state index contributed by atoms with van der Waals surface area (Å²) in [5, 5.41) is 11.9.